The first-order valence-corrected chi connectivity index (χ1v) is 9.54. The van der Waals surface area contributed by atoms with E-state index in [9.17, 15) is 0 Å². The van der Waals surface area contributed by atoms with Gasteiger partial charge in [0.15, 0.2) is 0 Å². The number of benzene rings is 2. The summed E-state index contributed by atoms with van der Waals surface area (Å²) in [6.07, 6.45) is 0. The molecule has 124 valence electrons. The summed E-state index contributed by atoms with van der Waals surface area (Å²) in [5.41, 5.74) is 2.76. The summed E-state index contributed by atoms with van der Waals surface area (Å²) < 4.78 is 0. The van der Waals surface area contributed by atoms with Gasteiger partial charge in [-0.15, -0.1) is 25.3 Å². The van der Waals surface area contributed by atoms with Gasteiger partial charge in [-0.05, 0) is 58.4 Å². The Morgan fingerprint density at radius 2 is 1.00 bits per heavy atom. The van der Waals surface area contributed by atoms with Gasteiger partial charge in [-0.3, -0.25) is 0 Å². The fraction of sp³-hybridized carbons (Fsp3) is 0.400. The van der Waals surface area contributed by atoms with E-state index in [1.807, 2.05) is 0 Å². The first-order valence-electron chi connectivity index (χ1n) is 7.83. The molecule has 0 nitrogen and oxygen atoms in total. The molecular formula is C20H26S3. The predicted molar refractivity (Wildman–Crippen MR) is 109 cm³/mol. The quantitative estimate of drug-likeness (QED) is 0.542. The van der Waals surface area contributed by atoms with E-state index in [1.165, 1.54) is 20.9 Å². The Hall–Kier alpha value is -0.510. The van der Waals surface area contributed by atoms with Crippen molar-refractivity contribution in [2.75, 3.05) is 0 Å². The van der Waals surface area contributed by atoms with Gasteiger partial charge in [-0.2, -0.15) is 0 Å². The lowest BCUT2D eigenvalue weighted by Gasteiger charge is -2.23. The van der Waals surface area contributed by atoms with E-state index in [0.717, 1.165) is 9.79 Å². The number of hydrogen-bond donors (Lipinski definition) is 2. The Bertz CT molecular complexity index is 642. The zero-order valence-corrected chi connectivity index (χ0v) is 17.4. The molecule has 23 heavy (non-hydrogen) atoms. The first kappa shape index (κ1) is 18.8. The van der Waals surface area contributed by atoms with E-state index in [2.05, 4.69) is 103 Å². The van der Waals surface area contributed by atoms with Crippen LogP contribution in [0.2, 0.25) is 0 Å². The van der Waals surface area contributed by atoms with Gasteiger partial charge in [0.05, 0.1) is 0 Å². The zero-order chi connectivity index (χ0) is 17.4. The molecule has 0 spiro atoms. The maximum Gasteiger partial charge on any atom is 0.0126 e. The SMILES string of the molecule is CC(C)(C)c1cc(Sc2ccc(S)c(C(C)(C)C)c2)ccc1S. The molecular weight excluding hydrogens is 336 g/mol. The van der Waals surface area contributed by atoms with E-state index < -0.39 is 0 Å². The summed E-state index contributed by atoms with van der Waals surface area (Å²) in [5.74, 6) is 0. The van der Waals surface area contributed by atoms with E-state index in [4.69, 9.17) is 0 Å². The van der Waals surface area contributed by atoms with Crippen molar-refractivity contribution in [3.05, 3.63) is 47.5 Å². The highest BCUT2D eigenvalue weighted by molar-refractivity contribution is 7.99. The third-order valence-electron chi connectivity index (χ3n) is 3.79. The first-order chi connectivity index (χ1) is 10.5. The van der Waals surface area contributed by atoms with Crippen LogP contribution in [0.3, 0.4) is 0 Å². The highest BCUT2D eigenvalue weighted by Gasteiger charge is 2.19. The van der Waals surface area contributed by atoms with Gasteiger partial charge < -0.3 is 0 Å². The topological polar surface area (TPSA) is 0 Å². The summed E-state index contributed by atoms with van der Waals surface area (Å²) in [5, 5.41) is 0. The Balaban J connectivity index is 2.37. The molecule has 0 aliphatic rings. The largest absolute Gasteiger partial charge is 0.143 e. The van der Waals surface area contributed by atoms with Crippen LogP contribution >= 0.6 is 37.0 Å². The zero-order valence-electron chi connectivity index (χ0n) is 14.8. The summed E-state index contributed by atoms with van der Waals surface area (Å²) in [7, 11) is 0. The number of hydrogen-bond acceptors (Lipinski definition) is 3. The van der Waals surface area contributed by atoms with Crippen molar-refractivity contribution in [3.63, 3.8) is 0 Å². The maximum atomic E-state index is 4.61. The molecule has 0 amide bonds. The lowest BCUT2D eigenvalue weighted by Crippen LogP contribution is -2.12. The molecule has 0 aromatic heterocycles. The molecule has 0 saturated heterocycles. The van der Waals surface area contributed by atoms with Crippen LogP contribution in [0.15, 0.2) is 56.0 Å². The van der Waals surface area contributed by atoms with Crippen molar-refractivity contribution in [2.24, 2.45) is 0 Å². The number of thiol groups is 2. The van der Waals surface area contributed by atoms with Crippen LogP contribution in [-0.4, -0.2) is 0 Å². The molecule has 0 radical (unpaired) electrons. The second-order valence-electron chi connectivity index (χ2n) is 7.96. The Morgan fingerprint density at radius 1 is 0.652 bits per heavy atom. The van der Waals surface area contributed by atoms with Crippen LogP contribution in [0.5, 0.6) is 0 Å². The Labute approximate surface area is 156 Å². The summed E-state index contributed by atoms with van der Waals surface area (Å²) in [6.45, 7) is 13.4. The van der Waals surface area contributed by atoms with E-state index >= 15 is 0 Å². The van der Waals surface area contributed by atoms with Gasteiger partial charge >= 0.3 is 0 Å². The molecule has 0 N–H and O–H groups in total. The van der Waals surface area contributed by atoms with Crippen molar-refractivity contribution >= 4 is 37.0 Å². The molecule has 2 rings (SSSR count). The third-order valence-corrected chi connectivity index (χ3v) is 5.55. The van der Waals surface area contributed by atoms with Gasteiger partial charge in [-0.1, -0.05) is 53.3 Å². The fourth-order valence-electron chi connectivity index (χ4n) is 2.49. The minimum absolute atomic E-state index is 0.0964. The lowest BCUT2D eigenvalue weighted by molar-refractivity contribution is 0.576. The molecule has 0 fully saturated rings. The minimum atomic E-state index is 0.0964. The lowest BCUT2D eigenvalue weighted by atomic mass is 9.87. The van der Waals surface area contributed by atoms with Gasteiger partial charge in [0, 0.05) is 19.6 Å². The van der Waals surface area contributed by atoms with Gasteiger partial charge in [0.2, 0.25) is 0 Å². The summed E-state index contributed by atoms with van der Waals surface area (Å²) in [4.78, 5) is 4.62. The Morgan fingerprint density at radius 3 is 1.30 bits per heavy atom. The van der Waals surface area contributed by atoms with Gasteiger partial charge in [0.25, 0.3) is 0 Å². The van der Waals surface area contributed by atoms with Crippen LogP contribution in [0.4, 0.5) is 0 Å². The van der Waals surface area contributed by atoms with Crippen LogP contribution < -0.4 is 0 Å². The van der Waals surface area contributed by atoms with Gasteiger partial charge in [0.1, 0.15) is 0 Å². The highest BCUT2D eigenvalue weighted by atomic mass is 32.2. The molecule has 3 heteroatoms. The van der Waals surface area contributed by atoms with E-state index in [-0.39, 0.29) is 10.8 Å². The van der Waals surface area contributed by atoms with Crippen molar-refractivity contribution in [1.29, 1.82) is 0 Å². The smallest absolute Gasteiger partial charge is 0.0126 e. The normalized spacial score (nSPS) is 12.5. The second-order valence-corrected chi connectivity index (χ2v) is 10.1. The fourth-order valence-corrected chi connectivity index (χ4v) is 4.34. The molecule has 0 bridgehead atoms. The molecule has 0 atom stereocenters. The van der Waals surface area contributed by atoms with Crippen molar-refractivity contribution in [2.45, 2.75) is 72.0 Å². The molecule has 0 unspecified atom stereocenters. The van der Waals surface area contributed by atoms with Crippen molar-refractivity contribution < 1.29 is 0 Å². The van der Waals surface area contributed by atoms with Crippen molar-refractivity contribution in [3.8, 4) is 0 Å². The monoisotopic (exact) mass is 362 g/mol. The summed E-state index contributed by atoms with van der Waals surface area (Å²) in [6, 6.07) is 13.0. The van der Waals surface area contributed by atoms with Crippen LogP contribution in [-0.2, 0) is 10.8 Å². The van der Waals surface area contributed by atoms with Gasteiger partial charge in [-0.25, -0.2) is 0 Å². The molecule has 0 aliphatic heterocycles. The molecule has 2 aromatic carbocycles. The third kappa shape index (κ3) is 4.74. The van der Waals surface area contributed by atoms with Crippen LogP contribution in [0.1, 0.15) is 52.7 Å². The van der Waals surface area contributed by atoms with Crippen molar-refractivity contribution in [1.82, 2.24) is 0 Å². The molecule has 0 saturated carbocycles. The van der Waals surface area contributed by atoms with Crippen LogP contribution in [0.25, 0.3) is 0 Å². The summed E-state index contributed by atoms with van der Waals surface area (Å²) >= 11 is 11.0. The average Bonchev–Trinajstić information content (AvgIpc) is 2.40. The molecule has 0 aliphatic carbocycles. The molecule has 0 heterocycles. The molecule has 2 aromatic rings. The maximum absolute atomic E-state index is 4.61. The van der Waals surface area contributed by atoms with Crippen LogP contribution in [0, 0.1) is 0 Å². The Kier molecular flexibility index (Phi) is 5.55. The number of rotatable bonds is 2. The minimum Gasteiger partial charge on any atom is -0.143 e. The average molecular weight is 363 g/mol. The standard InChI is InChI=1S/C20H26S3/c1-19(2,3)15-11-13(7-9-17(15)21)23-14-8-10-18(22)16(12-14)20(4,5)6/h7-12,21-22H,1-6H3. The highest BCUT2D eigenvalue weighted by Crippen LogP contribution is 2.37. The van der Waals surface area contributed by atoms with E-state index in [0.29, 0.717) is 0 Å². The second kappa shape index (κ2) is 6.78. The predicted octanol–water partition coefficient (Wildman–Crippen LogP) is 7.01. The van der Waals surface area contributed by atoms with E-state index in [1.54, 1.807) is 11.8 Å².